The van der Waals surface area contributed by atoms with Crippen molar-refractivity contribution in [2.24, 2.45) is 0 Å². The second-order valence-electron chi connectivity index (χ2n) is 2.33. The van der Waals surface area contributed by atoms with E-state index in [1.165, 1.54) is 0 Å². The van der Waals surface area contributed by atoms with E-state index in [1.54, 1.807) is 0 Å². The van der Waals surface area contributed by atoms with Crippen molar-refractivity contribution in [2.45, 2.75) is 5.16 Å². The summed E-state index contributed by atoms with van der Waals surface area (Å²) in [4.78, 5) is 4.03. The monoisotopic (exact) mass is 240 g/mol. The second-order valence-corrected chi connectivity index (χ2v) is 2.72. The zero-order valence-corrected chi connectivity index (χ0v) is 10.7. The molecule has 2 aromatic rings. The van der Waals surface area contributed by atoms with Crippen molar-refractivity contribution in [3.63, 3.8) is 0 Å². The minimum Gasteiger partial charge on any atom is -0.741 e. The topological polar surface area (TPSA) is 41.6 Å². The Hall–Kier alpha value is -0.797. The minimum atomic E-state index is 0. The van der Waals surface area contributed by atoms with Crippen molar-refractivity contribution in [3.8, 4) is 11.4 Å². The van der Waals surface area contributed by atoms with Crippen LogP contribution in [0.25, 0.3) is 11.4 Å². The summed E-state index contributed by atoms with van der Waals surface area (Å²) < 4.78 is 0. The summed E-state index contributed by atoms with van der Waals surface area (Å²) in [6.45, 7) is 0. The van der Waals surface area contributed by atoms with Crippen molar-refractivity contribution >= 4 is 12.6 Å². The molecule has 1 aromatic carbocycles. The summed E-state index contributed by atoms with van der Waals surface area (Å²) >= 11 is 4.80. The molecule has 1 aromatic heterocycles. The maximum Gasteiger partial charge on any atom is 0.179 e. The molecule has 2 rings (SSSR count). The van der Waals surface area contributed by atoms with Crippen molar-refractivity contribution < 1.29 is 19.5 Å². The standard InChI is InChI=1S/C8H7N3S.Zn/c12-8-9-7(10-11-8)6-4-2-1-3-5-6;/h1-5H,(H2,9,10,11,12);/p-1. The van der Waals surface area contributed by atoms with Crippen LogP contribution in [0.3, 0.4) is 0 Å². The molecule has 0 aliphatic heterocycles. The Labute approximate surface area is 94.1 Å². The van der Waals surface area contributed by atoms with Gasteiger partial charge in [0.2, 0.25) is 0 Å². The molecule has 0 amide bonds. The summed E-state index contributed by atoms with van der Waals surface area (Å²) in [5, 5.41) is 6.99. The van der Waals surface area contributed by atoms with Gasteiger partial charge >= 0.3 is 0 Å². The van der Waals surface area contributed by atoms with Crippen LogP contribution in [0.1, 0.15) is 0 Å². The molecule has 0 saturated heterocycles. The van der Waals surface area contributed by atoms with Crippen LogP contribution in [0.2, 0.25) is 0 Å². The van der Waals surface area contributed by atoms with E-state index in [4.69, 9.17) is 12.6 Å². The Morgan fingerprint density at radius 2 is 1.85 bits per heavy atom. The van der Waals surface area contributed by atoms with Crippen LogP contribution in [0, 0.1) is 0 Å². The molecule has 0 radical (unpaired) electrons. The number of nitrogens with one attached hydrogen (secondary N) is 1. The van der Waals surface area contributed by atoms with Crippen molar-refractivity contribution in [2.75, 3.05) is 0 Å². The first-order valence-corrected chi connectivity index (χ1v) is 3.92. The minimum absolute atomic E-state index is 0. The van der Waals surface area contributed by atoms with Gasteiger partial charge in [-0.25, -0.2) is 4.98 Å². The fraction of sp³-hybridized carbons (Fsp3) is 0. The normalized spacial score (nSPS) is 9.23. The predicted molar refractivity (Wildman–Crippen MR) is 47.4 cm³/mol. The summed E-state index contributed by atoms with van der Waals surface area (Å²) in [5.74, 6) is 0.653. The van der Waals surface area contributed by atoms with E-state index in [1.807, 2.05) is 30.3 Å². The van der Waals surface area contributed by atoms with Gasteiger partial charge in [0.25, 0.3) is 0 Å². The third-order valence-electron chi connectivity index (χ3n) is 1.50. The predicted octanol–water partition coefficient (Wildman–Crippen LogP) is 1.37. The SMILES string of the molecule is [S-]c1nc(-c2ccccc2)n[nH]1.[Zn]. The van der Waals surface area contributed by atoms with E-state index in [9.17, 15) is 0 Å². The molecule has 3 nitrogen and oxygen atoms in total. The van der Waals surface area contributed by atoms with E-state index >= 15 is 0 Å². The number of hydrogen-bond acceptors (Lipinski definition) is 3. The van der Waals surface area contributed by atoms with E-state index in [-0.39, 0.29) is 19.5 Å². The van der Waals surface area contributed by atoms with Gasteiger partial charge in [0.1, 0.15) is 0 Å². The number of H-pyrrole nitrogens is 1. The Morgan fingerprint density at radius 1 is 1.15 bits per heavy atom. The Kier molecular flexibility index (Phi) is 3.51. The molecular formula is C8H6N3SZn-. The van der Waals surface area contributed by atoms with Crippen LogP contribution in [0.15, 0.2) is 35.5 Å². The van der Waals surface area contributed by atoms with E-state index in [2.05, 4.69) is 15.2 Å². The molecule has 1 N–H and O–H groups in total. The molecule has 0 aliphatic carbocycles. The molecule has 0 bridgehead atoms. The first-order chi connectivity index (χ1) is 5.86. The number of hydrogen-bond donors (Lipinski definition) is 1. The zero-order chi connectivity index (χ0) is 8.39. The Bertz CT molecular complexity index is 374. The van der Waals surface area contributed by atoms with Crippen molar-refractivity contribution in [1.29, 1.82) is 0 Å². The van der Waals surface area contributed by atoms with Gasteiger partial charge in [0, 0.05) is 30.2 Å². The fourth-order valence-electron chi connectivity index (χ4n) is 0.963. The summed E-state index contributed by atoms with van der Waals surface area (Å²) in [6.07, 6.45) is 0. The zero-order valence-electron chi connectivity index (χ0n) is 6.90. The largest absolute Gasteiger partial charge is 0.741 e. The molecule has 1 heterocycles. The smallest absolute Gasteiger partial charge is 0.179 e. The molecule has 0 fully saturated rings. The molecule has 13 heavy (non-hydrogen) atoms. The number of benzene rings is 1. The molecular weight excluding hydrogens is 236 g/mol. The van der Waals surface area contributed by atoms with Gasteiger partial charge in [-0.3, -0.25) is 5.10 Å². The Morgan fingerprint density at radius 3 is 2.38 bits per heavy atom. The van der Waals surface area contributed by atoms with Crippen molar-refractivity contribution in [3.05, 3.63) is 30.3 Å². The third kappa shape index (κ3) is 2.32. The van der Waals surface area contributed by atoms with Gasteiger partial charge in [0.05, 0.1) is 0 Å². The average Bonchev–Trinajstić information content (AvgIpc) is 2.54. The Balaban J connectivity index is 0.000000845. The first-order valence-electron chi connectivity index (χ1n) is 3.51. The molecule has 0 spiro atoms. The van der Waals surface area contributed by atoms with Gasteiger partial charge in [-0.2, -0.15) is 5.10 Å². The van der Waals surface area contributed by atoms with Gasteiger partial charge in [0.15, 0.2) is 5.82 Å². The van der Waals surface area contributed by atoms with Crippen LogP contribution in [0.5, 0.6) is 0 Å². The molecule has 0 unspecified atom stereocenters. The maximum atomic E-state index is 4.80. The van der Waals surface area contributed by atoms with E-state index in [0.717, 1.165) is 5.56 Å². The van der Waals surface area contributed by atoms with Crippen LogP contribution >= 0.6 is 0 Å². The molecule has 0 atom stereocenters. The fourth-order valence-corrected chi connectivity index (χ4v) is 1.10. The third-order valence-corrected chi connectivity index (χ3v) is 1.68. The van der Waals surface area contributed by atoms with Crippen LogP contribution in [-0.2, 0) is 32.1 Å². The van der Waals surface area contributed by atoms with E-state index < -0.39 is 0 Å². The summed E-state index contributed by atoms with van der Waals surface area (Å²) in [5.41, 5.74) is 0.977. The van der Waals surface area contributed by atoms with Crippen LogP contribution in [-0.4, -0.2) is 15.2 Å². The number of aromatic amines is 1. The molecule has 0 saturated carbocycles. The average molecular weight is 242 g/mol. The number of aromatic nitrogens is 3. The van der Waals surface area contributed by atoms with Crippen LogP contribution in [0.4, 0.5) is 0 Å². The van der Waals surface area contributed by atoms with Gasteiger partial charge in [-0.05, 0) is 0 Å². The molecule has 62 valence electrons. The molecule has 0 aliphatic rings. The van der Waals surface area contributed by atoms with Crippen LogP contribution < -0.4 is 0 Å². The van der Waals surface area contributed by atoms with Crippen molar-refractivity contribution in [1.82, 2.24) is 15.2 Å². The molecule has 5 heteroatoms. The van der Waals surface area contributed by atoms with E-state index in [0.29, 0.717) is 11.0 Å². The van der Waals surface area contributed by atoms with Gasteiger partial charge < -0.3 is 12.6 Å². The number of nitrogens with zero attached hydrogens (tertiary/aromatic N) is 2. The van der Waals surface area contributed by atoms with Gasteiger partial charge in [-0.1, -0.05) is 30.3 Å². The first kappa shape index (κ1) is 10.3. The number of rotatable bonds is 1. The second kappa shape index (κ2) is 4.44. The maximum absolute atomic E-state index is 4.80. The summed E-state index contributed by atoms with van der Waals surface area (Å²) in [7, 11) is 0. The quantitative estimate of drug-likeness (QED) is 0.606. The van der Waals surface area contributed by atoms with Gasteiger partial charge in [-0.15, -0.1) is 0 Å². The summed E-state index contributed by atoms with van der Waals surface area (Å²) in [6, 6.07) is 9.71.